The van der Waals surface area contributed by atoms with Gasteiger partial charge in [0.2, 0.25) is 0 Å². The van der Waals surface area contributed by atoms with Crippen molar-refractivity contribution in [2.24, 2.45) is 0 Å². The van der Waals surface area contributed by atoms with E-state index in [9.17, 15) is 19.5 Å². The van der Waals surface area contributed by atoms with Gasteiger partial charge < -0.3 is 24.4 Å². The lowest BCUT2D eigenvalue weighted by atomic mass is 10.0. The lowest BCUT2D eigenvalue weighted by molar-refractivity contribution is -0.149. The highest BCUT2D eigenvalue weighted by Gasteiger charge is 2.22. The van der Waals surface area contributed by atoms with Crippen LogP contribution >= 0.6 is 0 Å². The number of nitrogens with one attached hydrogen (secondary N) is 1. The van der Waals surface area contributed by atoms with Crippen molar-refractivity contribution in [2.75, 3.05) is 6.61 Å². The fourth-order valence-electron chi connectivity index (χ4n) is 2.35. The average molecular weight is 464 g/mol. The van der Waals surface area contributed by atoms with E-state index in [0.717, 1.165) is 32.1 Å². The van der Waals surface area contributed by atoms with Gasteiger partial charge in [-0.05, 0) is 67.7 Å². The molecular weight excluding hydrogens is 418 g/mol. The number of aliphatic hydroxyl groups excluding tert-OH is 2. The molecular formula is C23H45NO8. The number of aliphatic hydroxyl groups is 2. The fourth-order valence-corrected chi connectivity index (χ4v) is 2.35. The number of amides is 2. The molecule has 1 saturated heterocycles. The summed E-state index contributed by atoms with van der Waals surface area (Å²) >= 11 is 0. The van der Waals surface area contributed by atoms with Crippen molar-refractivity contribution in [3.05, 3.63) is 0 Å². The third kappa shape index (κ3) is 24.4. The first-order valence-electron chi connectivity index (χ1n) is 11.3. The van der Waals surface area contributed by atoms with Gasteiger partial charge >= 0.3 is 18.2 Å². The Morgan fingerprint density at radius 3 is 1.91 bits per heavy atom. The van der Waals surface area contributed by atoms with E-state index in [-0.39, 0.29) is 18.2 Å². The number of cyclic esters (lactones) is 1. The quantitative estimate of drug-likeness (QED) is 0.383. The maximum atomic E-state index is 11.1. The van der Waals surface area contributed by atoms with Crippen molar-refractivity contribution in [1.29, 1.82) is 0 Å². The van der Waals surface area contributed by atoms with Crippen LogP contribution in [0.4, 0.5) is 9.59 Å². The van der Waals surface area contributed by atoms with E-state index in [1.165, 1.54) is 0 Å². The van der Waals surface area contributed by atoms with Gasteiger partial charge in [-0.1, -0.05) is 19.8 Å². The molecule has 0 aromatic heterocycles. The normalized spacial score (nSPS) is 19.6. The summed E-state index contributed by atoms with van der Waals surface area (Å²) < 4.78 is 14.8. The Labute approximate surface area is 193 Å². The van der Waals surface area contributed by atoms with Crippen LogP contribution in [0.1, 0.15) is 100 Å². The summed E-state index contributed by atoms with van der Waals surface area (Å²) in [7, 11) is 0. The van der Waals surface area contributed by atoms with Crippen LogP contribution in [0.5, 0.6) is 0 Å². The second kappa shape index (κ2) is 16.7. The smallest absolute Gasteiger partial charge is 0.417 e. The second-order valence-electron chi connectivity index (χ2n) is 9.64. The summed E-state index contributed by atoms with van der Waals surface area (Å²) in [5.41, 5.74) is -1.27. The molecule has 0 aromatic carbocycles. The number of hydrogen-bond donors (Lipinski definition) is 3. The summed E-state index contributed by atoms with van der Waals surface area (Å²) in [4.78, 5) is 33.4. The van der Waals surface area contributed by atoms with E-state index in [1.54, 1.807) is 41.5 Å². The first-order valence-corrected chi connectivity index (χ1v) is 11.3. The summed E-state index contributed by atoms with van der Waals surface area (Å²) in [5, 5.41) is 19.3. The topological polar surface area (TPSA) is 131 Å². The molecule has 2 atom stereocenters. The summed E-state index contributed by atoms with van der Waals surface area (Å²) in [5.74, 6) is -0.124. The van der Waals surface area contributed by atoms with E-state index in [2.05, 4.69) is 0 Å². The number of rotatable bonds is 1. The third-order valence-electron chi connectivity index (χ3n) is 3.58. The lowest BCUT2D eigenvalue weighted by Gasteiger charge is -2.21. The minimum absolute atomic E-state index is 0.124. The first kappa shape index (κ1) is 32.3. The third-order valence-corrected chi connectivity index (χ3v) is 3.58. The van der Waals surface area contributed by atoms with Gasteiger partial charge in [0.15, 0.2) is 0 Å². The highest BCUT2D eigenvalue weighted by atomic mass is 16.6. The largest absolute Gasteiger partial charge is 0.463 e. The van der Waals surface area contributed by atoms with Gasteiger partial charge in [-0.25, -0.2) is 14.9 Å². The van der Waals surface area contributed by atoms with Crippen LogP contribution in [0.25, 0.3) is 0 Å². The number of hydrogen-bond acceptors (Lipinski definition) is 8. The second-order valence-corrected chi connectivity index (χ2v) is 9.64. The molecule has 32 heavy (non-hydrogen) atoms. The molecule has 0 radical (unpaired) electrons. The molecule has 1 aliphatic heterocycles. The number of alkyl carbamates (subject to hydrolysis) is 2. The minimum atomic E-state index is -0.809. The van der Waals surface area contributed by atoms with Crippen molar-refractivity contribution in [1.82, 2.24) is 5.32 Å². The zero-order valence-electron chi connectivity index (χ0n) is 21.2. The molecule has 3 N–H and O–H groups in total. The van der Waals surface area contributed by atoms with Gasteiger partial charge in [0.1, 0.15) is 17.3 Å². The standard InChI is InChI=1S/C10H19NO4.C10H18O3.C3H8O/c1-9(2,3)14-7(12)11-8(13)15-10(4,5)6;1-8-7-9(11)5-3-2-4-6-10(12)13-8;1-2-3-4/h1-6H3,(H,11,12,13);8-9,11H,2-7H2,1H3;4H,2-3H2,1H3. The maximum Gasteiger partial charge on any atom is 0.417 e. The molecule has 0 aromatic rings. The van der Waals surface area contributed by atoms with Crippen molar-refractivity contribution >= 4 is 18.2 Å². The number of carbonyl (C=O) groups is 3. The Morgan fingerprint density at radius 2 is 1.50 bits per heavy atom. The van der Waals surface area contributed by atoms with Gasteiger partial charge in [-0.3, -0.25) is 4.79 Å². The molecule has 1 rings (SSSR count). The van der Waals surface area contributed by atoms with Gasteiger partial charge in [0, 0.05) is 19.4 Å². The molecule has 2 unspecified atom stereocenters. The van der Waals surface area contributed by atoms with Gasteiger partial charge in [-0.2, -0.15) is 0 Å². The van der Waals surface area contributed by atoms with Gasteiger partial charge in [0.05, 0.1) is 6.10 Å². The van der Waals surface area contributed by atoms with Crippen LogP contribution in [0.15, 0.2) is 0 Å². The van der Waals surface area contributed by atoms with Crippen LogP contribution in [-0.2, 0) is 19.0 Å². The Kier molecular flexibility index (Phi) is 16.9. The number of ether oxygens (including phenoxy) is 3. The van der Waals surface area contributed by atoms with Crippen molar-refractivity contribution in [3.63, 3.8) is 0 Å². The van der Waals surface area contributed by atoms with E-state index in [1.807, 2.05) is 19.2 Å². The molecule has 0 aliphatic carbocycles. The molecule has 2 amide bonds. The highest BCUT2D eigenvalue weighted by Crippen LogP contribution is 2.15. The number of esters is 1. The monoisotopic (exact) mass is 463 g/mol. The molecule has 0 bridgehead atoms. The first-order chi connectivity index (χ1) is 14.6. The fraction of sp³-hybridized carbons (Fsp3) is 0.870. The Bertz CT molecular complexity index is 509. The van der Waals surface area contributed by atoms with Crippen LogP contribution in [0, 0.1) is 0 Å². The van der Waals surface area contributed by atoms with Crippen LogP contribution < -0.4 is 5.32 Å². The summed E-state index contributed by atoms with van der Waals surface area (Å²) in [6, 6.07) is 0. The van der Waals surface area contributed by atoms with E-state index in [4.69, 9.17) is 19.3 Å². The van der Waals surface area contributed by atoms with E-state index < -0.39 is 23.4 Å². The van der Waals surface area contributed by atoms with Crippen LogP contribution in [-0.4, -0.2) is 58.4 Å². The Balaban J connectivity index is 0. The van der Waals surface area contributed by atoms with E-state index >= 15 is 0 Å². The Morgan fingerprint density at radius 1 is 1.03 bits per heavy atom. The molecule has 1 fully saturated rings. The highest BCUT2D eigenvalue weighted by molar-refractivity contribution is 5.87. The van der Waals surface area contributed by atoms with Gasteiger partial charge in [0.25, 0.3) is 0 Å². The predicted molar refractivity (Wildman–Crippen MR) is 122 cm³/mol. The van der Waals surface area contributed by atoms with E-state index in [0.29, 0.717) is 19.4 Å². The van der Waals surface area contributed by atoms with Crippen molar-refractivity contribution in [3.8, 4) is 0 Å². The van der Waals surface area contributed by atoms with Crippen LogP contribution in [0.2, 0.25) is 0 Å². The molecule has 190 valence electrons. The zero-order valence-corrected chi connectivity index (χ0v) is 21.2. The predicted octanol–water partition coefficient (Wildman–Crippen LogP) is 4.47. The summed E-state index contributed by atoms with van der Waals surface area (Å²) in [6.07, 6.45) is 3.67. The Hall–Kier alpha value is -1.87. The van der Waals surface area contributed by atoms with Crippen molar-refractivity contribution < 1.29 is 38.8 Å². The average Bonchev–Trinajstić information content (AvgIpc) is 2.58. The molecule has 9 heteroatoms. The number of carbonyl (C=O) groups excluding carboxylic acids is 3. The maximum absolute atomic E-state index is 11.1. The zero-order chi connectivity index (χ0) is 25.4. The SMILES string of the molecule is CC(C)(C)OC(=O)NC(=O)OC(C)(C)C.CC1CC(O)CCCCCC(=O)O1.CCCO. The molecule has 9 nitrogen and oxygen atoms in total. The molecule has 0 saturated carbocycles. The van der Waals surface area contributed by atoms with Crippen molar-refractivity contribution in [2.45, 2.75) is 124 Å². The summed E-state index contributed by atoms with van der Waals surface area (Å²) in [6.45, 7) is 14.3. The number of imide groups is 1. The molecule has 1 heterocycles. The van der Waals surface area contributed by atoms with Crippen LogP contribution in [0.3, 0.4) is 0 Å². The molecule has 0 spiro atoms. The van der Waals surface area contributed by atoms with Gasteiger partial charge in [-0.15, -0.1) is 0 Å². The molecule has 1 aliphatic rings. The lowest BCUT2D eigenvalue weighted by Crippen LogP contribution is -2.39. The minimum Gasteiger partial charge on any atom is -0.463 e.